The minimum absolute atomic E-state index is 0.393. The average molecular weight is 383 g/mol. The van der Waals surface area contributed by atoms with Crippen molar-refractivity contribution in [3.8, 4) is 0 Å². The highest BCUT2D eigenvalue weighted by Crippen LogP contribution is 2.13. The van der Waals surface area contributed by atoms with Crippen LogP contribution in [-0.2, 0) is 4.79 Å². The molecule has 0 bridgehead atoms. The first-order valence-corrected chi connectivity index (χ1v) is 11.7. The van der Waals surface area contributed by atoms with Crippen LogP contribution in [-0.4, -0.2) is 22.3 Å². The number of carbonyl (C=O) groups is 1. The highest BCUT2D eigenvalue weighted by atomic mass is 16.4. The Hall–Kier alpha value is -0.830. The monoisotopic (exact) mass is 382 g/mol. The van der Waals surface area contributed by atoms with Gasteiger partial charge in [-0.15, -0.1) is 0 Å². The Balaban J connectivity index is 3.11. The smallest absolute Gasteiger partial charge is 0.332 e. The number of aliphatic hydroxyl groups is 1. The van der Waals surface area contributed by atoms with E-state index in [1.807, 2.05) is 0 Å². The quantitative estimate of drug-likeness (QED) is 0.160. The molecule has 27 heavy (non-hydrogen) atoms. The summed E-state index contributed by atoms with van der Waals surface area (Å²) in [6.45, 7) is 2.26. The SMILES string of the molecule is CCCCCC/C=C\CCCCCCCCCCCCCC[C@@H](O)C(=O)O. The van der Waals surface area contributed by atoms with Gasteiger partial charge in [0, 0.05) is 0 Å². The molecule has 0 rings (SSSR count). The molecule has 0 saturated heterocycles. The fourth-order valence-electron chi connectivity index (χ4n) is 3.42. The second-order valence-corrected chi connectivity index (χ2v) is 7.99. The maximum atomic E-state index is 10.5. The Kier molecular flexibility index (Phi) is 20.8. The van der Waals surface area contributed by atoms with E-state index >= 15 is 0 Å². The van der Waals surface area contributed by atoms with E-state index in [0.29, 0.717) is 6.42 Å². The molecule has 0 aliphatic heterocycles. The van der Waals surface area contributed by atoms with Crippen LogP contribution < -0.4 is 0 Å². The van der Waals surface area contributed by atoms with E-state index < -0.39 is 12.1 Å². The molecule has 0 unspecified atom stereocenters. The molecule has 0 radical (unpaired) electrons. The topological polar surface area (TPSA) is 57.5 Å². The van der Waals surface area contributed by atoms with Crippen molar-refractivity contribution in [3.05, 3.63) is 12.2 Å². The number of hydrogen-bond donors (Lipinski definition) is 2. The van der Waals surface area contributed by atoms with Gasteiger partial charge in [0.2, 0.25) is 0 Å². The normalized spacial score (nSPS) is 12.7. The predicted molar refractivity (Wildman–Crippen MR) is 116 cm³/mol. The summed E-state index contributed by atoms with van der Waals surface area (Å²) in [4.78, 5) is 10.5. The van der Waals surface area contributed by atoms with E-state index in [4.69, 9.17) is 5.11 Å². The number of allylic oxidation sites excluding steroid dienone is 2. The first-order chi connectivity index (χ1) is 13.2. The van der Waals surface area contributed by atoms with Gasteiger partial charge in [0.05, 0.1) is 0 Å². The van der Waals surface area contributed by atoms with E-state index in [1.165, 1.54) is 103 Å². The maximum Gasteiger partial charge on any atom is 0.332 e. The minimum atomic E-state index is -1.17. The minimum Gasteiger partial charge on any atom is -0.479 e. The summed E-state index contributed by atoms with van der Waals surface area (Å²) in [6, 6.07) is 0. The van der Waals surface area contributed by atoms with E-state index in [1.54, 1.807) is 0 Å². The summed E-state index contributed by atoms with van der Waals surface area (Å²) < 4.78 is 0. The van der Waals surface area contributed by atoms with Crippen molar-refractivity contribution >= 4 is 5.97 Å². The van der Waals surface area contributed by atoms with Gasteiger partial charge in [-0.2, -0.15) is 0 Å². The van der Waals surface area contributed by atoms with E-state index in [2.05, 4.69) is 19.1 Å². The van der Waals surface area contributed by atoms with Crippen LogP contribution in [0.3, 0.4) is 0 Å². The van der Waals surface area contributed by atoms with Gasteiger partial charge in [0.25, 0.3) is 0 Å². The molecule has 0 aromatic carbocycles. The molecular formula is C24H46O3. The zero-order valence-corrected chi connectivity index (χ0v) is 18.0. The Labute approximate surface area is 168 Å². The summed E-state index contributed by atoms with van der Waals surface area (Å²) in [5.74, 6) is -1.09. The molecule has 3 heteroatoms. The Morgan fingerprint density at radius 2 is 1.04 bits per heavy atom. The lowest BCUT2D eigenvalue weighted by molar-refractivity contribution is -0.146. The number of hydrogen-bond acceptors (Lipinski definition) is 2. The van der Waals surface area contributed by atoms with Crippen molar-refractivity contribution in [1.29, 1.82) is 0 Å². The van der Waals surface area contributed by atoms with Crippen LogP contribution in [0.5, 0.6) is 0 Å². The maximum absolute atomic E-state index is 10.5. The molecule has 0 aromatic rings. The van der Waals surface area contributed by atoms with Crippen molar-refractivity contribution in [2.75, 3.05) is 0 Å². The van der Waals surface area contributed by atoms with Crippen LogP contribution in [0.15, 0.2) is 12.2 Å². The Morgan fingerprint density at radius 1 is 0.667 bits per heavy atom. The fraction of sp³-hybridized carbons (Fsp3) is 0.875. The van der Waals surface area contributed by atoms with Gasteiger partial charge in [-0.05, 0) is 32.1 Å². The average Bonchev–Trinajstić information content (AvgIpc) is 2.66. The molecule has 0 aliphatic carbocycles. The van der Waals surface area contributed by atoms with Crippen molar-refractivity contribution in [3.63, 3.8) is 0 Å². The summed E-state index contributed by atoms with van der Waals surface area (Å²) in [5, 5.41) is 17.8. The third-order valence-electron chi connectivity index (χ3n) is 5.27. The Bertz CT molecular complexity index is 339. The number of unbranched alkanes of at least 4 members (excludes halogenated alkanes) is 16. The van der Waals surface area contributed by atoms with Crippen molar-refractivity contribution in [1.82, 2.24) is 0 Å². The summed E-state index contributed by atoms with van der Waals surface area (Å²) in [7, 11) is 0. The highest BCUT2D eigenvalue weighted by Gasteiger charge is 2.11. The van der Waals surface area contributed by atoms with E-state index in [-0.39, 0.29) is 0 Å². The van der Waals surface area contributed by atoms with Crippen LogP contribution in [0.2, 0.25) is 0 Å². The van der Waals surface area contributed by atoms with Crippen LogP contribution in [0, 0.1) is 0 Å². The van der Waals surface area contributed by atoms with Crippen molar-refractivity contribution in [2.45, 2.75) is 135 Å². The summed E-state index contributed by atoms with van der Waals surface area (Å²) >= 11 is 0. The van der Waals surface area contributed by atoms with Crippen LogP contribution in [0.4, 0.5) is 0 Å². The first kappa shape index (κ1) is 26.2. The van der Waals surface area contributed by atoms with Gasteiger partial charge in [0.1, 0.15) is 0 Å². The lowest BCUT2D eigenvalue weighted by Gasteiger charge is -2.05. The zero-order valence-electron chi connectivity index (χ0n) is 18.0. The molecule has 0 heterocycles. The number of carboxylic acid groups (broad SMARTS) is 1. The largest absolute Gasteiger partial charge is 0.479 e. The number of aliphatic carboxylic acids is 1. The molecule has 0 aromatic heterocycles. The van der Waals surface area contributed by atoms with Gasteiger partial charge in [0.15, 0.2) is 6.10 Å². The summed E-state index contributed by atoms with van der Waals surface area (Å²) in [5.41, 5.74) is 0. The number of rotatable bonds is 21. The molecule has 160 valence electrons. The molecule has 0 saturated carbocycles. The summed E-state index contributed by atoms with van der Waals surface area (Å²) in [6.07, 6.45) is 27.1. The lowest BCUT2D eigenvalue weighted by Crippen LogP contribution is -2.18. The number of carboxylic acids is 1. The van der Waals surface area contributed by atoms with Crippen molar-refractivity contribution in [2.24, 2.45) is 0 Å². The first-order valence-electron chi connectivity index (χ1n) is 11.7. The second kappa shape index (κ2) is 21.5. The third-order valence-corrected chi connectivity index (χ3v) is 5.27. The van der Waals surface area contributed by atoms with Gasteiger partial charge >= 0.3 is 5.97 Å². The zero-order chi connectivity index (χ0) is 20.0. The molecule has 0 amide bonds. The highest BCUT2D eigenvalue weighted by molar-refractivity contribution is 5.71. The standard InChI is InChI=1S/C24H46O3/c1-2-3-4-5-6-7-8-9-10-11-12-13-14-15-16-17-18-19-20-21-22-23(25)24(26)27/h7-8,23,25H,2-6,9-22H2,1H3,(H,26,27)/b8-7-/t23-/m1/s1. The molecule has 0 fully saturated rings. The van der Waals surface area contributed by atoms with Crippen LogP contribution in [0.25, 0.3) is 0 Å². The molecule has 3 nitrogen and oxygen atoms in total. The molecule has 0 spiro atoms. The molecular weight excluding hydrogens is 336 g/mol. The van der Waals surface area contributed by atoms with E-state index in [0.717, 1.165) is 12.8 Å². The van der Waals surface area contributed by atoms with Gasteiger partial charge < -0.3 is 10.2 Å². The fourth-order valence-corrected chi connectivity index (χ4v) is 3.42. The van der Waals surface area contributed by atoms with Crippen molar-refractivity contribution < 1.29 is 15.0 Å². The van der Waals surface area contributed by atoms with Gasteiger partial charge in [-0.25, -0.2) is 4.79 Å². The molecule has 1 atom stereocenters. The van der Waals surface area contributed by atoms with Gasteiger partial charge in [-0.3, -0.25) is 0 Å². The third kappa shape index (κ3) is 21.3. The lowest BCUT2D eigenvalue weighted by atomic mass is 10.0. The van der Waals surface area contributed by atoms with Crippen LogP contribution in [0.1, 0.15) is 129 Å². The van der Waals surface area contributed by atoms with Gasteiger partial charge in [-0.1, -0.05) is 109 Å². The number of aliphatic hydroxyl groups excluding tert-OH is 1. The molecule has 2 N–H and O–H groups in total. The Morgan fingerprint density at radius 3 is 1.44 bits per heavy atom. The van der Waals surface area contributed by atoms with E-state index in [9.17, 15) is 9.90 Å². The second-order valence-electron chi connectivity index (χ2n) is 7.99. The predicted octanol–water partition coefficient (Wildman–Crippen LogP) is 7.42. The molecule has 0 aliphatic rings. The van der Waals surface area contributed by atoms with Crippen LogP contribution >= 0.6 is 0 Å².